The summed E-state index contributed by atoms with van der Waals surface area (Å²) in [5, 5.41) is 0. The van der Waals surface area contributed by atoms with Crippen molar-refractivity contribution in [2.75, 3.05) is 5.88 Å². The molecule has 0 unspecified atom stereocenters. The number of rotatable bonds is 0. The minimum atomic E-state index is 0.417. The smallest absolute Gasteiger partial charge is 0.0195 e. The van der Waals surface area contributed by atoms with Crippen LogP contribution in [-0.2, 0) is 0 Å². The molecule has 0 fully saturated rings. The van der Waals surface area contributed by atoms with E-state index in [-0.39, 0.29) is 0 Å². The zero-order valence-corrected chi connectivity index (χ0v) is 6.96. The van der Waals surface area contributed by atoms with Gasteiger partial charge >= 0.3 is 0 Å². The lowest BCUT2D eigenvalue weighted by atomic mass is 11.0. The molecular weight excluding hydrogens is 112 g/mol. The third-order valence-electron chi connectivity index (χ3n) is 0. The molecule has 0 rings (SSSR count). The molecule has 0 amide bonds. The quantitative estimate of drug-likeness (QED) is 0.339. The summed E-state index contributed by atoms with van der Waals surface area (Å²) < 4.78 is 0. The normalized spacial score (nSPS) is 6.00. The van der Waals surface area contributed by atoms with Crippen molar-refractivity contribution < 1.29 is 0 Å². The molecular formula is C4H13ClSi. The molecule has 0 spiro atoms. The summed E-state index contributed by atoms with van der Waals surface area (Å²) in [4.78, 5) is 0. The maximum atomic E-state index is 5.00. The molecule has 6 heavy (non-hydrogen) atoms. The van der Waals surface area contributed by atoms with E-state index < -0.39 is 0 Å². The van der Waals surface area contributed by atoms with Gasteiger partial charge < -0.3 is 0 Å². The van der Waals surface area contributed by atoms with Crippen molar-refractivity contribution in [3.63, 3.8) is 0 Å². The largest absolute Gasteiger partial charge is 0.127 e. The summed E-state index contributed by atoms with van der Waals surface area (Å²) in [6.45, 7) is 6.42. The highest BCUT2D eigenvalue weighted by atomic mass is 35.5. The van der Waals surface area contributed by atoms with Gasteiger partial charge in [-0.1, -0.05) is 20.0 Å². The molecule has 0 nitrogen and oxygen atoms in total. The Morgan fingerprint density at radius 1 is 1.50 bits per heavy atom. The standard InChI is InChI=1S/C2H5Cl.C2H8Si/c1-2-3;1-3-2/h2H2,1H3;3H2,1-2H3. The molecule has 0 aliphatic carbocycles. The van der Waals surface area contributed by atoms with Crippen LogP contribution in [0.1, 0.15) is 6.92 Å². The van der Waals surface area contributed by atoms with Crippen LogP contribution >= 0.6 is 11.6 Å². The van der Waals surface area contributed by atoms with E-state index >= 15 is 0 Å². The first kappa shape index (κ1) is 9.71. The van der Waals surface area contributed by atoms with Gasteiger partial charge in [0, 0.05) is 15.4 Å². The third-order valence-corrected chi connectivity index (χ3v) is 0. The van der Waals surface area contributed by atoms with Crippen LogP contribution in [0, 0.1) is 0 Å². The second-order valence-electron chi connectivity index (χ2n) is 0.974. The average molecular weight is 125 g/mol. The zero-order valence-electron chi connectivity index (χ0n) is 4.79. The number of hydrogen-bond acceptors (Lipinski definition) is 0. The Balaban J connectivity index is 0. The fourth-order valence-corrected chi connectivity index (χ4v) is 0. The van der Waals surface area contributed by atoms with E-state index in [1.54, 1.807) is 0 Å². The summed E-state index contributed by atoms with van der Waals surface area (Å²) in [7, 11) is 0.417. The first-order valence-electron chi connectivity index (χ1n) is 2.39. The van der Waals surface area contributed by atoms with Crippen molar-refractivity contribution in [3.05, 3.63) is 0 Å². The molecule has 0 aromatic rings. The minimum Gasteiger partial charge on any atom is -0.127 e. The van der Waals surface area contributed by atoms with Gasteiger partial charge in [0.15, 0.2) is 0 Å². The lowest BCUT2D eigenvalue weighted by Gasteiger charge is -1.45. The second kappa shape index (κ2) is 17.8. The van der Waals surface area contributed by atoms with Crippen molar-refractivity contribution in [1.29, 1.82) is 0 Å². The average Bonchev–Trinajstić information content (AvgIpc) is 1.39. The molecule has 40 valence electrons. The minimum absolute atomic E-state index is 0.417. The Labute approximate surface area is 47.7 Å². The van der Waals surface area contributed by atoms with Gasteiger partial charge in [-0.05, 0) is 0 Å². The van der Waals surface area contributed by atoms with Gasteiger partial charge in [-0.3, -0.25) is 0 Å². The van der Waals surface area contributed by atoms with Crippen molar-refractivity contribution >= 4 is 21.1 Å². The Kier molecular flexibility index (Phi) is 28.8. The molecule has 0 atom stereocenters. The van der Waals surface area contributed by atoms with E-state index in [0.717, 1.165) is 5.88 Å². The number of alkyl halides is 1. The first-order chi connectivity index (χ1) is 2.83. The predicted octanol–water partition coefficient (Wildman–Crippen LogP) is 1.50. The molecule has 0 radical (unpaired) electrons. The van der Waals surface area contributed by atoms with E-state index in [2.05, 4.69) is 13.1 Å². The van der Waals surface area contributed by atoms with Crippen LogP contribution in [0.4, 0.5) is 0 Å². The Bertz CT molecular complexity index is 9.51. The maximum absolute atomic E-state index is 5.00. The Morgan fingerprint density at radius 2 is 1.50 bits per heavy atom. The van der Waals surface area contributed by atoms with E-state index in [4.69, 9.17) is 11.6 Å². The molecule has 0 heterocycles. The Hall–Kier alpha value is 0.507. The molecule has 0 saturated heterocycles. The zero-order chi connectivity index (χ0) is 5.41. The summed E-state index contributed by atoms with van der Waals surface area (Å²) in [6, 6.07) is 0. The van der Waals surface area contributed by atoms with Crippen LogP contribution in [0.2, 0.25) is 13.1 Å². The van der Waals surface area contributed by atoms with Gasteiger partial charge in [0.25, 0.3) is 0 Å². The van der Waals surface area contributed by atoms with Crippen molar-refractivity contribution in [1.82, 2.24) is 0 Å². The van der Waals surface area contributed by atoms with Crippen LogP contribution in [0.25, 0.3) is 0 Å². The van der Waals surface area contributed by atoms with Crippen LogP contribution in [-0.4, -0.2) is 15.4 Å². The monoisotopic (exact) mass is 124 g/mol. The summed E-state index contributed by atoms with van der Waals surface area (Å²) in [5.74, 6) is 0.722. The molecule has 0 bridgehead atoms. The van der Waals surface area contributed by atoms with E-state index in [9.17, 15) is 0 Å². The van der Waals surface area contributed by atoms with Crippen LogP contribution in [0.5, 0.6) is 0 Å². The van der Waals surface area contributed by atoms with Crippen molar-refractivity contribution in [2.24, 2.45) is 0 Å². The lowest BCUT2D eigenvalue weighted by Crippen LogP contribution is -1.53. The third kappa shape index (κ3) is 216. The first-order valence-corrected chi connectivity index (χ1v) is 5.75. The van der Waals surface area contributed by atoms with Crippen LogP contribution in [0.3, 0.4) is 0 Å². The predicted molar refractivity (Wildman–Crippen MR) is 36.7 cm³/mol. The van der Waals surface area contributed by atoms with Gasteiger partial charge in [0.05, 0.1) is 0 Å². The lowest BCUT2D eigenvalue weighted by molar-refractivity contribution is 1.51. The van der Waals surface area contributed by atoms with Crippen LogP contribution in [0.15, 0.2) is 0 Å². The molecule has 0 aromatic heterocycles. The summed E-state index contributed by atoms with van der Waals surface area (Å²) >= 11 is 5.00. The van der Waals surface area contributed by atoms with Crippen molar-refractivity contribution in [2.45, 2.75) is 20.0 Å². The number of halogens is 1. The summed E-state index contributed by atoms with van der Waals surface area (Å²) in [6.07, 6.45) is 0. The van der Waals surface area contributed by atoms with Gasteiger partial charge in [0.1, 0.15) is 0 Å². The highest BCUT2D eigenvalue weighted by Crippen LogP contribution is 1.59. The highest BCUT2D eigenvalue weighted by molar-refractivity contribution is 6.31. The highest BCUT2D eigenvalue weighted by Gasteiger charge is 1.39. The van der Waals surface area contributed by atoms with Gasteiger partial charge in [-0.25, -0.2) is 0 Å². The van der Waals surface area contributed by atoms with E-state index in [0.29, 0.717) is 9.52 Å². The van der Waals surface area contributed by atoms with Gasteiger partial charge in [-0.15, -0.1) is 11.6 Å². The van der Waals surface area contributed by atoms with Gasteiger partial charge in [0.2, 0.25) is 0 Å². The second-order valence-corrected chi connectivity index (χ2v) is 2.92. The summed E-state index contributed by atoms with van der Waals surface area (Å²) in [5.41, 5.74) is 0. The van der Waals surface area contributed by atoms with Crippen LogP contribution < -0.4 is 0 Å². The molecule has 2 heteroatoms. The Morgan fingerprint density at radius 3 is 1.50 bits per heavy atom. The van der Waals surface area contributed by atoms with Crippen molar-refractivity contribution in [3.8, 4) is 0 Å². The fraction of sp³-hybridized carbons (Fsp3) is 1.00. The van der Waals surface area contributed by atoms with Gasteiger partial charge in [-0.2, -0.15) is 0 Å². The topological polar surface area (TPSA) is 0 Å². The maximum Gasteiger partial charge on any atom is 0.0195 e. The molecule has 0 aliphatic rings. The van der Waals surface area contributed by atoms with E-state index in [1.165, 1.54) is 0 Å². The van der Waals surface area contributed by atoms with E-state index in [1.807, 2.05) is 6.92 Å². The molecule has 0 aliphatic heterocycles. The number of hydrogen-bond donors (Lipinski definition) is 0. The fourth-order valence-electron chi connectivity index (χ4n) is 0. The molecule has 0 saturated carbocycles. The SMILES string of the molecule is CCCl.C[SiH2]C. The molecule has 0 N–H and O–H groups in total. The molecule has 0 aromatic carbocycles.